The van der Waals surface area contributed by atoms with E-state index in [4.69, 9.17) is 9.47 Å². The minimum atomic E-state index is -0.301. The first-order valence-corrected chi connectivity index (χ1v) is 9.41. The summed E-state index contributed by atoms with van der Waals surface area (Å²) < 4.78 is 12.2. The second-order valence-corrected chi connectivity index (χ2v) is 6.91. The van der Waals surface area contributed by atoms with Gasteiger partial charge >= 0.3 is 0 Å². The number of methoxy groups -OCH3 is 2. The zero-order valence-corrected chi connectivity index (χ0v) is 16.1. The molecule has 0 aliphatic carbocycles. The van der Waals surface area contributed by atoms with Crippen molar-refractivity contribution in [3.05, 3.63) is 46.0 Å². The van der Waals surface area contributed by atoms with Crippen LogP contribution in [0.4, 0.5) is 0 Å². The number of benzene rings is 1. The lowest BCUT2D eigenvalue weighted by atomic mass is 10.0. The van der Waals surface area contributed by atoms with Crippen LogP contribution in [-0.2, 0) is 11.3 Å². The summed E-state index contributed by atoms with van der Waals surface area (Å²) in [5.41, 5.74) is 1.25. The highest BCUT2D eigenvalue weighted by Crippen LogP contribution is 2.30. The number of pyridine rings is 1. The van der Waals surface area contributed by atoms with Crippen molar-refractivity contribution in [2.24, 2.45) is 0 Å². The number of H-pyrrole nitrogens is 1. The number of rotatable bonds is 7. The lowest BCUT2D eigenvalue weighted by molar-refractivity contribution is 0.178. The predicted octanol–water partition coefficient (Wildman–Crippen LogP) is 1.35. The van der Waals surface area contributed by atoms with Crippen LogP contribution >= 0.6 is 0 Å². The molecule has 1 aliphatic rings. The smallest absolute Gasteiger partial charge is 0.253 e. The van der Waals surface area contributed by atoms with Gasteiger partial charge in [-0.2, -0.15) is 0 Å². The van der Waals surface area contributed by atoms with E-state index in [0.29, 0.717) is 30.3 Å². The van der Waals surface area contributed by atoms with Gasteiger partial charge in [0.25, 0.3) is 5.56 Å². The molecule has 3 aromatic rings. The van der Waals surface area contributed by atoms with E-state index in [2.05, 4.69) is 25.4 Å². The van der Waals surface area contributed by atoms with E-state index in [0.717, 1.165) is 36.8 Å². The monoisotopic (exact) mass is 384 g/mol. The molecule has 1 fully saturated rings. The molecule has 4 rings (SSSR count). The maximum atomic E-state index is 13.0. The molecule has 1 unspecified atom stereocenters. The molecule has 3 heterocycles. The van der Waals surface area contributed by atoms with E-state index in [-0.39, 0.29) is 11.6 Å². The number of aromatic amines is 1. The largest absolute Gasteiger partial charge is 0.497 e. The fourth-order valence-corrected chi connectivity index (χ4v) is 3.77. The summed E-state index contributed by atoms with van der Waals surface area (Å²) in [4.78, 5) is 18.3. The van der Waals surface area contributed by atoms with Crippen molar-refractivity contribution < 1.29 is 9.47 Å². The Labute approximate surface area is 162 Å². The van der Waals surface area contributed by atoms with Gasteiger partial charge in [-0.05, 0) is 59.9 Å². The summed E-state index contributed by atoms with van der Waals surface area (Å²) in [7, 11) is 3.25. The first kappa shape index (κ1) is 18.6. The summed E-state index contributed by atoms with van der Waals surface area (Å²) in [5, 5.41) is 13.2. The van der Waals surface area contributed by atoms with Gasteiger partial charge in [0, 0.05) is 18.7 Å². The Morgan fingerprint density at radius 3 is 2.79 bits per heavy atom. The van der Waals surface area contributed by atoms with Gasteiger partial charge < -0.3 is 14.5 Å². The van der Waals surface area contributed by atoms with Crippen LogP contribution in [0.25, 0.3) is 10.9 Å². The average molecular weight is 384 g/mol. The van der Waals surface area contributed by atoms with Gasteiger partial charge in [-0.3, -0.25) is 9.69 Å². The van der Waals surface area contributed by atoms with E-state index < -0.39 is 0 Å². The Balaban J connectivity index is 1.82. The summed E-state index contributed by atoms with van der Waals surface area (Å²) in [6.45, 7) is 2.84. The Morgan fingerprint density at radius 2 is 2.04 bits per heavy atom. The van der Waals surface area contributed by atoms with Crippen LogP contribution in [-0.4, -0.2) is 64.0 Å². The molecule has 28 heavy (non-hydrogen) atoms. The van der Waals surface area contributed by atoms with Gasteiger partial charge in [-0.15, -0.1) is 5.10 Å². The van der Waals surface area contributed by atoms with Gasteiger partial charge in [-0.25, -0.2) is 4.68 Å². The van der Waals surface area contributed by atoms with Crippen molar-refractivity contribution in [2.75, 3.05) is 33.9 Å². The van der Waals surface area contributed by atoms with E-state index in [1.165, 1.54) is 0 Å². The number of hydrogen-bond donors (Lipinski definition) is 1. The standard InChI is InChI=1S/C19H24N6O3/c1-27-10-9-25-18(21-22-23-25)17(24-7-3-4-8-24)15-11-13-5-6-14(28-2)12-16(13)20-19(15)26/h5-6,11-12,17H,3-4,7-10H2,1-2H3,(H,20,26). The van der Waals surface area contributed by atoms with Gasteiger partial charge in [0.2, 0.25) is 0 Å². The Morgan fingerprint density at radius 1 is 1.21 bits per heavy atom. The number of nitrogens with zero attached hydrogens (tertiary/aromatic N) is 5. The third-order valence-electron chi connectivity index (χ3n) is 5.19. The maximum Gasteiger partial charge on any atom is 0.253 e. The predicted molar refractivity (Wildman–Crippen MR) is 103 cm³/mol. The van der Waals surface area contributed by atoms with Crippen LogP contribution in [0.5, 0.6) is 5.75 Å². The van der Waals surface area contributed by atoms with Crippen molar-refractivity contribution in [3.63, 3.8) is 0 Å². The van der Waals surface area contributed by atoms with E-state index in [9.17, 15) is 4.79 Å². The molecule has 148 valence electrons. The topological polar surface area (TPSA) is 98.2 Å². The number of likely N-dealkylation sites (tertiary alicyclic amines) is 1. The first-order valence-electron chi connectivity index (χ1n) is 9.41. The van der Waals surface area contributed by atoms with E-state index >= 15 is 0 Å². The molecular weight excluding hydrogens is 360 g/mol. The number of tetrazole rings is 1. The third-order valence-corrected chi connectivity index (χ3v) is 5.19. The molecule has 1 saturated heterocycles. The fraction of sp³-hybridized carbons (Fsp3) is 0.474. The zero-order chi connectivity index (χ0) is 19.5. The first-order chi connectivity index (χ1) is 13.7. The maximum absolute atomic E-state index is 13.0. The number of aromatic nitrogens is 5. The highest BCUT2D eigenvalue weighted by atomic mass is 16.5. The second-order valence-electron chi connectivity index (χ2n) is 6.91. The summed E-state index contributed by atoms with van der Waals surface area (Å²) in [5.74, 6) is 1.37. The SMILES string of the molecule is COCCn1nnnc1C(c1cc2ccc(OC)cc2[nH]c1=O)N1CCCC1. The van der Waals surface area contributed by atoms with E-state index in [1.807, 2.05) is 24.3 Å². The summed E-state index contributed by atoms with van der Waals surface area (Å²) >= 11 is 0. The molecule has 1 N–H and O–H groups in total. The average Bonchev–Trinajstić information content (AvgIpc) is 3.39. The summed E-state index contributed by atoms with van der Waals surface area (Å²) in [6, 6.07) is 7.30. The molecule has 1 aliphatic heterocycles. The number of hydrogen-bond acceptors (Lipinski definition) is 7. The van der Waals surface area contributed by atoms with Crippen molar-refractivity contribution >= 4 is 10.9 Å². The van der Waals surface area contributed by atoms with E-state index in [1.54, 1.807) is 18.9 Å². The van der Waals surface area contributed by atoms with Gasteiger partial charge in [0.1, 0.15) is 11.8 Å². The lowest BCUT2D eigenvalue weighted by Crippen LogP contribution is -2.33. The third kappa shape index (κ3) is 3.50. The molecule has 1 aromatic carbocycles. The molecular formula is C19H24N6O3. The number of ether oxygens (including phenoxy) is 2. The van der Waals surface area contributed by atoms with Crippen LogP contribution in [0.3, 0.4) is 0 Å². The molecule has 0 spiro atoms. The molecule has 0 amide bonds. The van der Waals surface area contributed by atoms with Crippen molar-refractivity contribution in [3.8, 4) is 5.75 Å². The quantitative estimate of drug-likeness (QED) is 0.657. The highest BCUT2D eigenvalue weighted by Gasteiger charge is 2.31. The second kappa shape index (κ2) is 8.07. The van der Waals surface area contributed by atoms with Gasteiger partial charge in [0.05, 0.1) is 25.8 Å². The molecule has 0 saturated carbocycles. The van der Waals surface area contributed by atoms with Crippen LogP contribution < -0.4 is 10.3 Å². The van der Waals surface area contributed by atoms with Crippen LogP contribution in [0.15, 0.2) is 29.1 Å². The Kier molecular flexibility index (Phi) is 5.36. The Hall–Kier alpha value is -2.78. The Bertz CT molecular complexity index is 1010. The molecule has 2 aromatic heterocycles. The highest BCUT2D eigenvalue weighted by molar-refractivity contribution is 5.80. The molecule has 0 bridgehead atoms. The minimum absolute atomic E-state index is 0.140. The van der Waals surface area contributed by atoms with Crippen LogP contribution in [0.2, 0.25) is 0 Å². The van der Waals surface area contributed by atoms with Crippen molar-refractivity contribution in [1.29, 1.82) is 0 Å². The molecule has 0 radical (unpaired) electrons. The number of nitrogens with one attached hydrogen (secondary N) is 1. The lowest BCUT2D eigenvalue weighted by Gasteiger charge is -2.26. The van der Waals surface area contributed by atoms with Crippen molar-refractivity contribution in [1.82, 2.24) is 30.1 Å². The fourth-order valence-electron chi connectivity index (χ4n) is 3.77. The zero-order valence-electron chi connectivity index (χ0n) is 16.1. The van der Waals surface area contributed by atoms with Crippen LogP contribution in [0.1, 0.15) is 30.3 Å². The van der Waals surface area contributed by atoms with Crippen LogP contribution in [0, 0.1) is 0 Å². The minimum Gasteiger partial charge on any atom is -0.497 e. The van der Waals surface area contributed by atoms with Gasteiger partial charge in [-0.1, -0.05) is 0 Å². The molecule has 1 atom stereocenters. The number of fused-ring (bicyclic) bond motifs is 1. The normalized spacial score (nSPS) is 15.9. The molecule has 9 nitrogen and oxygen atoms in total. The summed E-state index contributed by atoms with van der Waals surface area (Å²) in [6.07, 6.45) is 2.19. The molecule has 9 heteroatoms. The van der Waals surface area contributed by atoms with Crippen molar-refractivity contribution in [2.45, 2.75) is 25.4 Å². The van der Waals surface area contributed by atoms with Gasteiger partial charge in [0.15, 0.2) is 5.82 Å².